The molecule has 4 atom stereocenters. The predicted octanol–water partition coefficient (Wildman–Crippen LogP) is 1.55. The fourth-order valence-electron chi connectivity index (χ4n) is 4.27. The summed E-state index contributed by atoms with van der Waals surface area (Å²) >= 11 is 0. The van der Waals surface area contributed by atoms with Gasteiger partial charge in [0.15, 0.2) is 11.5 Å². The lowest BCUT2D eigenvalue weighted by Gasteiger charge is -2.45. The zero-order valence-corrected chi connectivity index (χ0v) is 11.5. The Bertz CT molecular complexity index is 598. The summed E-state index contributed by atoms with van der Waals surface area (Å²) in [5, 5.41) is 19.9. The van der Waals surface area contributed by atoms with Gasteiger partial charge in [-0.2, -0.15) is 0 Å². The lowest BCUT2D eigenvalue weighted by Crippen LogP contribution is -2.49. The molecule has 1 aliphatic carbocycles. The number of aliphatic hydroxyl groups is 1. The van der Waals surface area contributed by atoms with Crippen LogP contribution < -0.4 is 4.74 Å². The Balaban J connectivity index is 1.93. The molecule has 2 heterocycles. The summed E-state index contributed by atoms with van der Waals surface area (Å²) in [5.74, 6) is 0.748. The van der Waals surface area contributed by atoms with Gasteiger partial charge in [0.2, 0.25) is 0 Å². The molecule has 0 amide bonds. The number of methoxy groups -OCH3 is 1. The van der Waals surface area contributed by atoms with Crippen LogP contribution in [0.15, 0.2) is 24.3 Å². The van der Waals surface area contributed by atoms with E-state index < -0.39 is 0 Å². The third-order valence-corrected chi connectivity index (χ3v) is 5.21. The number of nitrogens with zero attached hydrogens (tertiary/aromatic N) is 1. The topological polar surface area (TPSA) is 52.9 Å². The number of rotatable bonds is 1. The van der Waals surface area contributed by atoms with Crippen LogP contribution in [-0.4, -0.2) is 40.9 Å². The van der Waals surface area contributed by atoms with Gasteiger partial charge in [-0.25, -0.2) is 0 Å². The van der Waals surface area contributed by atoms with Crippen molar-refractivity contribution in [3.63, 3.8) is 0 Å². The van der Waals surface area contributed by atoms with Gasteiger partial charge in [0.25, 0.3) is 0 Å². The first kappa shape index (κ1) is 12.2. The van der Waals surface area contributed by atoms with Crippen molar-refractivity contribution >= 4 is 0 Å². The van der Waals surface area contributed by atoms with Crippen molar-refractivity contribution in [2.45, 2.75) is 36.9 Å². The Kier molecular flexibility index (Phi) is 2.44. The molecule has 0 radical (unpaired) electrons. The molecule has 4 rings (SSSR count). The summed E-state index contributed by atoms with van der Waals surface area (Å²) < 4.78 is 5.28. The van der Waals surface area contributed by atoms with E-state index in [4.69, 9.17) is 4.74 Å². The highest BCUT2D eigenvalue weighted by atomic mass is 16.5. The lowest BCUT2D eigenvalue weighted by atomic mass is 9.66. The normalized spacial score (nSPS) is 37.4. The maximum atomic E-state index is 9.99. The van der Waals surface area contributed by atoms with Crippen molar-refractivity contribution in [2.24, 2.45) is 0 Å². The van der Waals surface area contributed by atoms with Crippen molar-refractivity contribution in [2.75, 3.05) is 13.7 Å². The Labute approximate surface area is 118 Å². The van der Waals surface area contributed by atoms with E-state index in [0.717, 1.165) is 25.9 Å². The van der Waals surface area contributed by atoms with Gasteiger partial charge in [-0.05, 0) is 36.1 Å². The molecule has 0 spiro atoms. The fourth-order valence-corrected chi connectivity index (χ4v) is 4.27. The first-order chi connectivity index (χ1) is 9.64. The minimum absolute atomic E-state index is 0.0200. The quantitative estimate of drug-likeness (QED) is 0.762. The molecule has 1 aromatic carbocycles. The molecule has 2 aliphatic heterocycles. The molecule has 4 heteroatoms. The number of benzene rings is 1. The predicted molar refractivity (Wildman–Crippen MR) is 74.9 cm³/mol. The van der Waals surface area contributed by atoms with Gasteiger partial charge < -0.3 is 14.9 Å². The molecule has 1 unspecified atom stereocenters. The van der Waals surface area contributed by atoms with Crippen molar-refractivity contribution in [3.8, 4) is 11.5 Å². The van der Waals surface area contributed by atoms with E-state index in [1.807, 2.05) is 18.2 Å². The van der Waals surface area contributed by atoms with Gasteiger partial charge in [-0.1, -0.05) is 12.2 Å². The van der Waals surface area contributed by atoms with Crippen LogP contribution >= 0.6 is 0 Å². The second kappa shape index (κ2) is 3.99. The second-order valence-electron chi connectivity index (χ2n) is 6.12. The van der Waals surface area contributed by atoms with E-state index in [1.54, 1.807) is 7.11 Å². The number of phenolic OH excluding ortho intramolecular Hbond substituents is 1. The molecule has 1 aromatic rings. The number of hydrogen-bond acceptors (Lipinski definition) is 4. The van der Waals surface area contributed by atoms with Gasteiger partial charge in [-0.3, -0.25) is 4.90 Å². The Morgan fingerprint density at radius 2 is 2.25 bits per heavy atom. The highest BCUT2D eigenvalue weighted by Gasteiger charge is 2.52. The summed E-state index contributed by atoms with van der Waals surface area (Å²) in [6, 6.07) is 4.19. The zero-order chi connectivity index (χ0) is 13.9. The number of hydrogen-bond donors (Lipinski definition) is 2. The third-order valence-electron chi connectivity index (χ3n) is 5.21. The van der Waals surface area contributed by atoms with Gasteiger partial charge >= 0.3 is 0 Å². The molecule has 2 N–H and O–H groups in total. The van der Waals surface area contributed by atoms with E-state index in [0.29, 0.717) is 11.8 Å². The minimum atomic E-state index is -0.339. The number of phenols is 1. The van der Waals surface area contributed by atoms with Crippen LogP contribution in [0.3, 0.4) is 0 Å². The highest BCUT2D eigenvalue weighted by Crippen LogP contribution is 2.52. The molecule has 0 saturated carbocycles. The van der Waals surface area contributed by atoms with Crippen molar-refractivity contribution in [1.82, 2.24) is 4.90 Å². The monoisotopic (exact) mass is 273 g/mol. The molecular formula is C16H19NO3. The maximum absolute atomic E-state index is 9.99. The molecule has 0 aromatic heterocycles. The number of aliphatic hydroxyl groups excluding tert-OH is 1. The summed E-state index contributed by atoms with van der Waals surface area (Å²) in [6.07, 6.45) is 5.63. The summed E-state index contributed by atoms with van der Waals surface area (Å²) in [4.78, 5) is 2.43. The van der Waals surface area contributed by atoms with Gasteiger partial charge in [0.05, 0.1) is 13.2 Å². The minimum Gasteiger partial charge on any atom is -0.504 e. The standard InChI is InChI=1S/C16H19NO3/c1-20-14-8-12-10(6-13(14)19)9-17-5-4-16(12)3-2-11(18)7-15(16)17/h2-3,6,8,11,15,18-19H,4-5,7,9H2,1H3/t11-,15-,16-/m1/s1. The largest absolute Gasteiger partial charge is 0.504 e. The van der Waals surface area contributed by atoms with Crippen molar-refractivity contribution in [1.29, 1.82) is 0 Å². The molecule has 4 nitrogen and oxygen atoms in total. The van der Waals surface area contributed by atoms with E-state index in [1.165, 1.54) is 11.1 Å². The van der Waals surface area contributed by atoms with E-state index in [9.17, 15) is 10.2 Å². The first-order valence-electron chi connectivity index (χ1n) is 7.16. The average Bonchev–Trinajstić information content (AvgIpc) is 2.71. The van der Waals surface area contributed by atoms with Crippen LogP contribution in [0.4, 0.5) is 0 Å². The Morgan fingerprint density at radius 1 is 1.40 bits per heavy atom. The summed E-state index contributed by atoms with van der Waals surface area (Å²) in [6.45, 7) is 1.89. The van der Waals surface area contributed by atoms with Crippen LogP contribution in [0.2, 0.25) is 0 Å². The van der Waals surface area contributed by atoms with Crippen molar-refractivity contribution < 1.29 is 14.9 Å². The summed E-state index contributed by atoms with van der Waals surface area (Å²) in [5.41, 5.74) is 2.42. The van der Waals surface area contributed by atoms with Crippen LogP contribution in [0.25, 0.3) is 0 Å². The lowest BCUT2D eigenvalue weighted by molar-refractivity contribution is 0.110. The van der Waals surface area contributed by atoms with Gasteiger partial charge in [0, 0.05) is 24.5 Å². The average molecular weight is 273 g/mol. The van der Waals surface area contributed by atoms with Crippen LogP contribution in [0, 0.1) is 0 Å². The first-order valence-corrected chi connectivity index (χ1v) is 7.16. The molecule has 20 heavy (non-hydrogen) atoms. The van der Waals surface area contributed by atoms with Crippen LogP contribution in [-0.2, 0) is 12.0 Å². The number of ether oxygens (including phenoxy) is 1. The van der Waals surface area contributed by atoms with E-state index >= 15 is 0 Å². The molecule has 1 fully saturated rings. The number of fused-ring (bicyclic) bond motifs is 1. The van der Waals surface area contributed by atoms with E-state index in [2.05, 4.69) is 11.0 Å². The van der Waals surface area contributed by atoms with Crippen molar-refractivity contribution in [3.05, 3.63) is 35.4 Å². The molecule has 2 bridgehead atoms. The second-order valence-corrected chi connectivity index (χ2v) is 6.12. The molecular weight excluding hydrogens is 254 g/mol. The maximum Gasteiger partial charge on any atom is 0.160 e. The zero-order valence-electron chi connectivity index (χ0n) is 11.5. The van der Waals surface area contributed by atoms with E-state index in [-0.39, 0.29) is 17.3 Å². The van der Waals surface area contributed by atoms with Crippen LogP contribution in [0.5, 0.6) is 11.5 Å². The number of aromatic hydroxyl groups is 1. The highest BCUT2D eigenvalue weighted by molar-refractivity contribution is 5.54. The Morgan fingerprint density at radius 3 is 3.05 bits per heavy atom. The summed E-state index contributed by atoms with van der Waals surface area (Å²) in [7, 11) is 1.58. The van der Waals surface area contributed by atoms with Crippen LogP contribution in [0.1, 0.15) is 24.0 Å². The van der Waals surface area contributed by atoms with Gasteiger partial charge in [0.1, 0.15) is 0 Å². The molecule has 106 valence electrons. The fraction of sp³-hybridized carbons (Fsp3) is 0.500. The van der Waals surface area contributed by atoms with Gasteiger partial charge in [-0.15, -0.1) is 0 Å². The molecule has 1 saturated heterocycles. The SMILES string of the molecule is COc1cc2c(cc1O)CN1CC[C@]23C=C[C@@H](O)C[C@@H]13. The third kappa shape index (κ3) is 1.43. The smallest absolute Gasteiger partial charge is 0.160 e. The molecule has 3 aliphatic rings. The Hall–Kier alpha value is -1.52.